The summed E-state index contributed by atoms with van der Waals surface area (Å²) in [6, 6.07) is 2.07. The van der Waals surface area contributed by atoms with E-state index in [0.717, 1.165) is 25.7 Å². The predicted octanol–water partition coefficient (Wildman–Crippen LogP) is 3.43. The number of amides is 1. The van der Waals surface area contributed by atoms with E-state index in [4.69, 9.17) is 11.6 Å². The molecule has 1 aromatic rings. The third-order valence-electron chi connectivity index (χ3n) is 5.19. The maximum Gasteiger partial charge on any atom is 0.255 e. The maximum atomic E-state index is 12.6. The first kappa shape index (κ1) is 17.2. The number of nitrogens with one attached hydrogen (secondary N) is 2. The molecular formula is C18H24ClN3O2. The highest BCUT2D eigenvalue weighted by Crippen LogP contribution is 2.58. The third-order valence-corrected chi connectivity index (χ3v) is 5.39. The Kier molecular flexibility index (Phi) is 4.56. The Bertz CT molecular complexity index is 660. The summed E-state index contributed by atoms with van der Waals surface area (Å²) in [6.07, 6.45) is 5.42. The molecule has 2 N–H and O–H groups in total. The highest BCUT2D eigenvalue weighted by atomic mass is 35.5. The molecule has 1 aromatic heterocycles. The van der Waals surface area contributed by atoms with Gasteiger partial charge in [-0.1, -0.05) is 11.6 Å². The topological polar surface area (TPSA) is 71.1 Å². The summed E-state index contributed by atoms with van der Waals surface area (Å²) >= 11 is 5.94. The van der Waals surface area contributed by atoms with Gasteiger partial charge in [0, 0.05) is 24.2 Å². The van der Waals surface area contributed by atoms with Crippen molar-refractivity contribution in [3.05, 3.63) is 23.0 Å². The first-order chi connectivity index (χ1) is 11.3. The summed E-state index contributed by atoms with van der Waals surface area (Å²) in [4.78, 5) is 28.0. The van der Waals surface area contributed by atoms with Gasteiger partial charge in [0.25, 0.3) is 5.91 Å². The molecule has 5 nitrogen and oxygen atoms in total. The summed E-state index contributed by atoms with van der Waals surface area (Å²) in [5, 5.41) is 6.69. The molecule has 2 fully saturated rings. The van der Waals surface area contributed by atoms with Crippen molar-refractivity contribution >= 4 is 29.0 Å². The molecule has 0 aromatic carbocycles. The largest absolute Gasteiger partial charge is 0.382 e. The van der Waals surface area contributed by atoms with Crippen molar-refractivity contribution in [1.29, 1.82) is 0 Å². The average Bonchev–Trinajstić information content (AvgIpc) is 2.38. The SMILES string of the molecule is CC(=O)C1CC2(CC(NC(=O)c3cnc(Cl)cc3NC(C)C)C2)C1. The lowest BCUT2D eigenvalue weighted by Gasteiger charge is -2.57. The van der Waals surface area contributed by atoms with Gasteiger partial charge in [0.05, 0.1) is 11.3 Å². The third kappa shape index (κ3) is 3.41. The smallest absolute Gasteiger partial charge is 0.255 e. The molecule has 2 aliphatic rings. The lowest BCUT2D eigenvalue weighted by Crippen LogP contribution is -2.57. The number of ketones is 1. The van der Waals surface area contributed by atoms with Crippen LogP contribution in [0.25, 0.3) is 0 Å². The Labute approximate surface area is 147 Å². The summed E-state index contributed by atoms with van der Waals surface area (Å²) in [5.74, 6) is 0.415. The van der Waals surface area contributed by atoms with Crippen molar-refractivity contribution in [3.63, 3.8) is 0 Å². The van der Waals surface area contributed by atoms with Crippen LogP contribution in [-0.4, -0.2) is 28.8 Å². The number of nitrogens with zero attached hydrogens (tertiary/aromatic N) is 1. The van der Waals surface area contributed by atoms with Gasteiger partial charge in [0.2, 0.25) is 0 Å². The summed E-state index contributed by atoms with van der Waals surface area (Å²) in [7, 11) is 0. The van der Waals surface area contributed by atoms with Crippen LogP contribution in [0, 0.1) is 11.3 Å². The van der Waals surface area contributed by atoms with E-state index < -0.39 is 0 Å². The maximum absolute atomic E-state index is 12.6. The van der Waals surface area contributed by atoms with Crippen LogP contribution in [0.5, 0.6) is 0 Å². The fourth-order valence-electron chi connectivity index (χ4n) is 4.00. The summed E-state index contributed by atoms with van der Waals surface area (Å²) < 4.78 is 0. The molecule has 0 unspecified atom stereocenters. The number of aromatic nitrogens is 1. The predicted molar refractivity (Wildman–Crippen MR) is 94.3 cm³/mol. The molecule has 1 spiro atoms. The van der Waals surface area contributed by atoms with Crippen molar-refractivity contribution in [3.8, 4) is 0 Å². The lowest BCUT2D eigenvalue weighted by molar-refractivity contribution is -0.134. The number of anilines is 1. The minimum absolute atomic E-state index is 0.121. The minimum atomic E-state index is -0.121. The van der Waals surface area contributed by atoms with E-state index in [1.807, 2.05) is 13.8 Å². The van der Waals surface area contributed by atoms with Crippen molar-refractivity contribution in [2.45, 2.75) is 58.5 Å². The Morgan fingerprint density at radius 3 is 2.54 bits per heavy atom. The fraction of sp³-hybridized carbons (Fsp3) is 0.611. The fourth-order valence-corrected chi connectivity index (χ4v) is 4.16. The van der Waals surface area contributed by atoms with Gasteiger partial charge >= 0.3 is 0 Å². The normalized spacial score (nSPS) is 28.2. The van der Waals surface area contributed by atoms with Gasteiger partial charge in [0.1, 0.15) is 10.9 Å². The van der Waals surface area contributed by atoms with Gasteiger partial charge in [0.15, 0.2) is 0 Å². The van der Waals surface area contributed by atoms with Crippen LogP contribution in [0.15, 0.2) is 12.3 Å². The van der Waals surface area contributed by atoms with Crippen LogP contribution in [0.3, 0.4) is 0 Å². The molecular weight excluding hydrogens is 326 g/mol. The van der Waals surface area contributed by atoms with Crippen molar-refractivity contribution in [1.82, 2.24) is 10.3 Å². The number of carbonyl (C=O) groups is 2. The van der Waals surface area contributed by atoms with E-state index in [1.165, 1.54) is 6.20 Å². The number of halogens is 1. The van der Waals surface area contributed by atoms with Crippen molar-refractivity contribution in [2.75, 3.05) is 5.32 Å². The van der Waals surface area contributed by atoms with Gasteiger partial charge in [-0.05, 0) is 57.9 Å². The molecule has 130 valence electrons. The van der Waals surface area contributed by atoms with Crippen molar-refractivity contribution < 1.29 is 9.59 Å². The average molecular weight is 350 g/mol. The number of rotatable bonds is 5. The molecule has 0 aliphatic heterocycles. The second kappa shape index (κ2) is 6.36. The molecule has 1 heterocycles. The molecule has 6 heteroatoms. The Balaban J connectivity index is 1.58. The van der Waals surface area contributed by atoms with Crippen LogP contribution in [0.1, 0.15) is 56.8 Å². The van der Waals surface area contributed by atoms with Crippen LogP contribution >= 0.6 is 11.6 Å². The van der Waals surface area contributed by atoms with Gasteiger partial charge in [-0.2, -0.15) is 0 Å². The van der Waals surface area contributed by atoms with Gasteiger partial charge in [-0.15, -0.1) is 0 Å². The van der Waals surface area contributed by atoms with E-state index in [2.05, 4.69) is 15.6 Å². The molecule has 0 saturated heterocycles. The molecule has 0 radical (unpaired) electrons. The zero-order valence-corrected chi connectivity index (χ0v) is 15.1. The van der Waals surface area contributed by atoms with Gasteiger partial charge in [-0.3, -0.25) is 9.59 Å². The van der Waals surface area contributed by atoms with Gasteiger partial charge < -0.3 is 10.6 Å². The first-order valence-corrected chi connectivity index (χ1v) is 8.89. The minimum Gasteiger partial charge on any atom is -0.382 e. The zero-order chi connectivity index (χ0) is 17.5. The zero-order valence-electron chi connectivity index (χ0n) is 14.4. The van der Waals surface area contributed by atoms with Crippen LogP contribution in [-0.2, 0) is 4.79 Å². The Morgan fingerprint density at radius 1 is 1.29 bits per heavy atom. The first-order valence-electron chi connectivity index (χ1n) is 8.51. The summed E-state index contributed by atoms with van der Waals surface area (Å²) in [5.41, 5.74) is 1.52. The second-order valence-electron chi connectivity index (χ2n) is 7.65. The number of carbonyl (C=O) groups excluding carboxylic acids is 2. The van der Waals surface area contributed by atoms with E-state index in [9.17, 15) is 9.59 Å². The Hall–Kier alpha value is -1.62. The quantitative estimate of drug-likeness (QED) is 0.799. The monoisotopic (exact) mass is 349 g/mol. The van der Waals surface area contributed by atoms with Gasteiger partial charge in [-0.25, -0.2) is 4.98 Å². The Morgan fingerprint density at radius 2 is 1.96 bits per heavy atom. The van der Waals surface area contributed by atoms with Crippen molar-refractivity contribution in [2.24, 2.45) is 11.3 Å². The van der Waals surface area contributed by atoms with Crippen LogP contribution in [0.4, 0.5) is 5.69 Å². The van der Waals surface area contributed by atoms with E-state index in [-0.39, 0.29) is 23.9 Å². The lowest BCUT2D eigenvalue weighted by atomic mass is 9.49. The van der Waals surface area contributed by atoms with Crippen LogP contribution in [0.2, 0.25) is 5.15 Å². The standard InChI is InChI=1S/C18H24ClN3O2/c1-10(2)21-15-4-16(19)20-9-14(15)17(24)22-13-7-18(8-13)5-12(6-18)11(3)23/h4,9-10,12-13H,5-8H2,1-3H3,(H,20,21)(H,22,24). The second-order valence-corrected chi connectivity index (χ2v) is 8.03. The number of hydrogen-bond donors (Lipinski definition) is 2. The number of Topliss-reactive ketones (excluding diaryl/α,β-unsaturated/α-hetero) is 1. The summed E-state index contributed by atoms with van der Waals surface area (Å²) in [6.45, 7) is 5.69. The van der Waals surface area contributed by atoms with E-state index >= 15 is 0 Å². The number of hydrogen-bond acceptors (Lipinski definition) is 4. The highest BCUT2D eigenvalue weighted by molar-refractivity contribution is 6.29. The van der Waals surface area contributed by atoms with Crippen LogP contribution < -0.4 is 10.6 Å². The molecule has 2 aliphatic carbocycles. The molecule has 1 amide bonds. The molecule has 3 rings (SSSR count). The van der Waals surface area contributed by atoms with E-state index in [0.29, 0.717) is 27.6 Å². The highest BCUT2D eigenvalue weighted by Gasteiger charge is 2.54. The molecule has 0 bridgehead atoms. The molecule has 2 saturated carbocycles. The number of pyridine rings is 1. The molecule has 24 heavy (non-hydrogen) atoms. The van der Waals surface area contributed by atoms with E-state index in [1.54, 1.807) is 13.0 Å². The molecule has 0 atom stereocenters.